The molecule has 1 atom stereocenters. The summed E-state index contributed by atoms with van der Waals surface area (Å²) in [7, 11) is 1.40. The summed E-state index contributed by atoms with van der Waals surface area (Å²) in [4.78, 5) is 19.9. The fourth-order valence-electron chi connectivity index (χ4n) is 0.235. The summed E-state index contributed by atoms with van der Waals surface area (Å²) in [5.74, 6) is 0. The molecule has 0 aromatic carbocycles. The maximum atomic E-state index is 10.2. The second-order valence-electron chi connectivity index (χ2n) is 1.36. The highest BCUT2D eigenvalue weighted by atomic mass is 16.6. The first-order valence-electron chi connectivity index (χ1n) is 2.41. The van der Waals surface area contributed by atoms with Crippen LogP contribution in [0.4, 0.5) is 4.79 Å². The number of carbonyl (C=O) groups excluding carboxylic acids is 1. The van der Waals surface area contributed by atoms with E-state index in [1.54, 1.807) is 0 Å². The summed E-state index contributed by atoms with van der Waals surface area (Å²) in [6.07, 6.45) is -1.56. The Morgan fingerprint density at radius 3 is 2.67 bits per heavy atom. The van der Waals surface area contributed by atoms with Crippen LogP contribution < -0.4 is 5.32 Å². The Labute approximate surface area is 52.4 Å². The summed E-state index contributed by atoms with van der Waals surface area (Å²) in [6.45, 7) is 1.38. The largest absolute Gasteiger partial charge is 0.420 e. The van der Waals surface area contributed by atoms with E-state index in [0.717, 1.165) is 0 Å². The van der Waals surface area contributed by atoms with Crippen LogP contribution in [0.1, 0.15) is 6.92 Å². The summed E-state index contributed by atoms with van der Waals surface area (Å²) in [5, 5.41) is 4.61. The third-order valence-corrected chi connectivity index (χ3v) is 0.630. The Balaban J connectivity index is 3.46. The van der Waals surface area contributed by atoms with E-state index < -0.39 is 12.3 Å². The van der Waals surface area contributed by atoms with Gasteiger partial charge in [-0.2, -0.15) is 0 Å². The number of nitrogens with zero attached hydrogens (tertiary/aromatic N) is 1. The average molecular weight is 132 g/mol. The average Bonchev–Trinajstić information content (AvgIpc) is 1.87. The fourth-order valence-corrected chi connectivity index (χ4v) is 0.235. The maximum absolute atomic E-state index is 10.2. The van der Waals surface area contributed by atoms with Crippen molar-refractivity contribution in [2.75, 3.05) is 7.05 Å². The second kappa shape index (κ2) is 3.82. The quantitative estimate of drug-likeness (QED) is 0.555. The van der Waals surface area contributed by atoms with Gasteiger partial charge in [0.15, 0.2) is 0 Å². The monoisotopic (exact) mass is 132 g/mol. The first-order valence-corrected chi connectivity index (χ1v) is 2.41. The Morgan fingerprint density at radius 1 is 1.78 bits per heavy atom. The third kappa shape index (κ3) is 3.45. The van der Waals surface area contributed by atoms with Crippen LogP contribution in [0.5, 0.6) is 0 Å². The minimum Gasteiger partial charge on any atom is -0.420 e. The number of rotatable bonds is 2. The fraction of sp³-hybridized carbons (Fsp3) is 0.750. The smallest absolute Gasteiger partial charge is 0.408 e. The van der Waals surface area contributed by atoms with Crippen LogP contribution in [0.25, 0.3) is 0 Å². The molecule has 0 saturated heterocycles. The van der Waals surface area contributed by atoms with E-state index in [1.165, 1.54) is 14.0 Å². The Bertz CT molecular complexity index is 114. The molecule has 0 aliphatic rings. The first kappa shape index (κ1) is 7.87. The number of nitroso groups, excluding NO2 is 1. The van der Waals surface area contributed by atoms with Crippen LogP contribution in [0.15, 0.2) is 5.18 Å². The van der Waals surface area contributed by atoms with E-state index in [1.807, 2.05) is 0 Å². The number of carbonyl (C=O) groups is 1. The Hall–Kier alpha value is -1.13. The van der Waals surface area contributed by atoms with Gasteiger partial charge < -0.3 is 10.1 Å². The van der Waals surface area contributed by atoms with Crippen LogP contribution >= 0.6 is 0 Å². The molecule has 0 fully saturated rings. The summed E-state index contributed by atoms with van der Waals surface area (Å²) in [6, 6.07) is 0. The van der Waals surface area contributed by atoms with Gasteiger partial charge in [0.1, 0.15) is 0 Å². The Kier molecular flexibility index (Phi) is 3.34. The van der Waals surface area contributed by atoms with Crippen molar-refractivity contribution in [1.82, 2.24) is 5.32 Å². The van der Waals surface area contributed by atoms with Gasteiger partial charge in [-0.15, -0.1) is 4.91 Å². The number of alkyl carbamates (subject to hydrolysis) is 1. The number of amides is 1. The SMILES string of the molecule is CNC(=O)OC(C)N=O. The summed E-state index contributed by atoms with van der Waals surface area (Å²) in [5.41, 5.74) is 0. The number of nitrogens with one attached hydrogen (secondary N) is 1. The van der Waals surface area contributed by atoms with Gasteiger partial charge in [0.25, 0.3) is 0 Å². The van der Waals surface area contributed by atoms with Crippen molar-refractivity contribution in [3.8, 4) is 0 Å². The molecule has 0 aliphatic heterocycles. The molecule has 5 nitrogen and oxygen atoms in total. The number of hydrogen-bond donors (Lipinski definition) is 1. The molecule has 0 heterocycles. The molecule has 1 unspecified atom stereocenters. The topological polar surface area (TPSA) is 67.8 Å². The van der Waals surface area contributed by atoms with Gasteiger partial charge in [0.2, 0.25) is 6.23 Å². The van der Waals surface area contributed by atoms with Crippen LogP contribution in [-0.4, -0.2) is 19.4 Å². The highest BCUT2D eigenvalue weighted by Gasteiger charge is 2.04. The summed E-state index contributed by atoms with van der Waals surface area (Å²) < 4.78 is 4.32. The molecule has 0 aliphatic carbocycles. The molecule has 9 heavy (non-hydrogen) atoms. The van der Waals surface area contributed by atoms with Crippen LogP contribution in [0.3, 0.4) is 0 Å². The molecule has 1 amide bonds. The van der Waals surface area contributed by atoms with Gasteiger partial charge in [0, 0.05) is 7.05 Å². The third-order valence-electron chi connectivity index (χ3n) is 0.630. The molecule has 0 radical (unpaired) electrons. The molecular weight excluding hydrogens is 124 g/mol. The summed E-state index contributed by atoms with van der Waals surface area (Å²) >= 11 is 0. The lowest BCUT2D eigenvalue weighted by Gasteiger charge is -2.02. The van der Waals surface area contributed by atoms with Crippen molar-refractivity contribution in [2.24, 2.45) is 5.18 Å². The minimum absolute atomic E-state index is 0.651. The van der Waals surface area contributed by atoms with Gasteiger partial charge >= 0.3 is 6.09 Å². The highest BCUT2D eigenvalue weighted by Crippen LogP contribution is 1.89. The van der Waals surface area contributed by atoms with E-state index in [-0.39, 0.29) is 0 Å². The standard InChI is InChI=1S/C4H8N2O3/c1-3(6-8)9-4(7)5-2/h3H,1-2H3,(H,5,7). The highest BCUT2D eigenvalue weighted by molar-refractivity contribution is 5.66. The zero-order valence-electron chi connectivity index (χ0n) is 5.25. The van der Waals surface area contributed by atoms with Gasteiger partial charge in [0.05, 0.1) is 0 Å². The van der Waals surface area contributed by atoms with Crippen LogP contribution in [-0.2, 0) is 4.74 Å². The molecule has 0 saturated carbocycles. The van der Waals surface area contributed by atoms with Gasteiger partial charge in [-0.25, -0.2) is 4.79 Å². The van der Waals surface area contributed by atoms with Gasteiger partial charge in [-0.3, -0.25) is 0 Å². The second-order valence-corrected chi connectivity index (χ2v) is 1.36. The molecule has 0 spiro atoms. The number of hydrogen-bond acceptors (Lipinski definition) is 4. The zero-order valence-corrected chi connectivity index (χ0v) is 5.25. The van der Waals surface area contributed by atoms with Gasteiger partial charge in [-0.1, -0.05) is 0 Å². The van der Waals surface area contributed by atoms with Gasteiger partial charge in [-0.05, 0) is 12.1 Å². The zero-order chi connectivity index (χ0) is 7.28. The molecule has 0 rings (SSSR count). The van der Waals surface area contributed by atoms with Crippen molar-refractivity contribution < 1.29 is 9.53 Å². The lowest BCUT2D eigenvalue weighted by atomic mass is 10.7. The first-order chi connectivity index (χ1) is 4.20. The molecular formula is C4H8N2O3. The molecule has 0 aromatic heterocycles. The van der Waals surface area contributed by atoms with Crippen molar-refractivity contribution in [2.45, 2.75) is 13.2 Å². The van der Waals surface area contributed by atoms with E-state index in [4.69, 9.17) is 0 Å². The predicted octanol–water partition coefficient (Wildman–Crippen LogP) is 0.455. The molecule has 5 heteroatoms. The van der Waals surface area contributed by atoms with Crippen molar-refractivity contribution in [3.63, 3.8) is 0 Å². The van der Waals surface area contributed by atoms with E-state index >= 15 is 0 Å². The van der Waals surface area contributed by atoms with E-state index in [2.05, 4.69) is 15.2 Å². The Morgan fingerprint density at radius 2 is 2.33 bits per heavy atom. The van der Waals surface area contributed by atoms with Crippen LogP contribution in [0.2, 0.25) is 0 Å². The number of ether oxygens (including phenoxy) is 1. The molecule has 0 aromatic rings. The predicted molar refractivity (Wildman–Crippen MR) is 30.8 cm³/mol. The molecule has 0 bridgehead atoms. The van der Waals surface area contributed by atoms with E-state index in [0.29, 0.717) is 0 Å². The van der Waals surface area contributed by atoms with Crippen molar-refractivity contribution >= 4 is 6.09 Å². The normalized spacial score (nSPS) is 11.8. The van der Waals surface area contributed by atoms with Crippen molar-refractivity contribution in [3.05, 3.63) is 4.91 Å². The van der Waals surface area contributed by atoms with Crippen molar-refractivity contribution in [1.29, 1.82) is 0 Å². The lowest BCUT2D eigenvalue weighted by molar-refractivity contribution is 0.112. The minimum atomic E-state index is -0.912. The van der Waals surface area contributed by atoms with E-state index in [9.17, 15) is 9.70 Å². The van der Waals surface area contributed by atoms with Crippen LogP contribution in [0, 0.1) is 4.91 Å². The molecule has 52 valence electrons. The maximum Gasteiger partial charge on any atom is 0.408 e. The molecule has 1 N–H and O–H groups in total. The lowest BCUT2D eigenvalue weighted by Crippen LogP contribution is -2.22.